The number of hydrogen-bond acceptors (Lipinski definition) is 2. The van der Waals surface area contributed by atoms with Gasteiger partial charge in [-0.05, 0) is 59.8 Å². The van der Waals surface area contributed by atoms with Gasteiger partial charge in [-0.25, -0.2) is 0 Å². The SMILES string of the molecule is Cc1ccc2c(C3CC3)ccc(CN(C=N)C(N)=S)c2c1. The molecule has 0 unspecified atom stereocenters. The molecule has 3 nitrogen and oxygen atoms in total. The molecule has 108 valence electrons. The van der Waals surface area contributed by atoms with Crippen LogP contribution < -0.4 is 5.73 Å². The van der Waals surface area contributed by atoms with Crippen molar-refractivity contribution in [2.24, 2.45) is 5.73 Å². The van der Waals surface area contributed by atoms with Gasteiger partial charge in [0.2, 0.25) is 0 Å². The van der Waals surface area contributed by atoms with E-state index in [0.29, 0.717) is 6.54 Å². The Bertz CT molecular complexity index is 719. The summed E-state index contributed by atoms with van der Waals surface area (Å²) in [6.07, 6.45) is 3.78. The highest BCUT2D eigenvalue weighted by Gasteiger charge is 2.25. The molecule has 1 fully saturated rings. The van der Waals surface area contributed by atoms with Crippen molar-refractivity contribution in [3.8, 4) is 0 Å². The summed E-state index contributed by atoms with van der Waals surface area (Å²) in [5, 5.41) is 10.3. The minimum atomic E-state index is 0.233. The molecule has 0 atom stereocenters. The largest absolute Gasteiger partial charge is 0.376 e. The minimum Gasteiger partial charge on any atom is -0.376 e. The third-order valence-electron chi connectivity index (χ3n) is 4.09. The van der Waals surface area contributed by atoms with Crippen LogP contribution >= 0.6 is 12.2 Å². The fourth-order valence-electron chi connectivity index (χ4n) is 2.80. The Kier molecular flexibility index (Phi) is 3.64. The predicted octanol–water partition coefficient (Wildman–Crippen LogP) is 3.68. The molecule has 21 heavy (non-hydrogen) atoms. The summed E-state index contributed by atoms with van der Waals surface area (Å²) < 4.78 is 0. The lowest BCUT2D eigenvalue weighted by Gasteiger charge is -2.19. The quantitative estimate of drug-likeness (QED) is 0.514. The zero-order valence-corrected chi connectivity index (χ0v) is 12.9. The number of nitrogens with two attached hydrogens (primary N) is 1. The lowest BCUT2D eigenvalue weighted by molar-refractivity contribution is 0.625. The summed E-state index contributed by atoms with van der Waals surface area (Å²) in [5.41, 5.74) is 9.52. The van der Waals surface area contributed by atoms with Crippen LogP contribution in [0.15, 0.2) is 30.3 Å². The fraction of sp³-hybridized carbons (Fsp3) is 0.294. The van der Waals surface area contributed by atoms with Gasteiger partial charge >= 0.3 is 0 Å². The van der Waals surface area contributed by atoms with Crippen molar-refractivity contribution in [1.29, 1.82) is 5.41 Å². The summed E-state index contributed by atoms with van der Waals surface area (Å²) in [4.78, 5) is 1.59. The number of nitrogens with one attached hydrogen (secondary N) is 1. The van der Waals surface area contributed by atoms with Crippen molar-refractivity contribution in [3.05, 3.63) is 47.0 Å². The van der Waals surface area contributed by atoms with Crippen LogP contribution in [0.1, 0.15) is 35.4 Å². The van der Waals surface area contributed by atoms with Crippen LogP contribution in [0.2, 0.25) is 0 Å². The number of benzene rings is 2. The van der Waals surface area contributed by atoms with E-state index in [1.807, 2.05) is 0 Å². The number of nitrogens with zero attached hydrogens (tertiary/aromatic N) is 1. The predicted molar refractivity (Wildman–Crippen MR) is 91.8 cm³/mol. The second kappa shape index (κ2) is 5.45. The van der Waals surface area contributed by atoms with Gasteiger partial charge < -0.3 is 10.6 Å². The van der Waals surface area contributed by atoms with Gasteiger partial charge in [-0.3, -0.25) is 5.41 Å². The molecular weight excluding hydrogens is 278 g/mol. The van der Waals surface area contributed by atoms with E-state index >= 15 is 0 Å². The van der Waals surface area contributed by atoms with Crippen LogP contribution in [0.5, 0.6) is 0 Å². The van der Waals surface area contributed by atoms with Crippen LogP contribution in [0.3, 0.4) is 0 Å². The molecule has 0 saturated heterocycles. The number of thiocarbonyl (C=S) groups is 1. The van der Waals surface area contributed by atoms with Gasteiger partial charge in [0.25, 0.3) is 0 Å². The van der Waals surface area contributed by atoms with Crippen molar-refractivity contribution >= 4 is 34.4 Å². The second-order valence-corrected chi connectivity index (χ2v) is 6.15. The van der Waals surface area contributed by atoms with Gasteiger partial charge in [0, 0.05) is 0 Å². The Labute approximate surface area is 130 Å². The van der Waals surface area contributed by atoms with E-state index in [9.17, 15) is 0 Å². The Morgan fingerprint density at radius 1 is 1.33 bits per heavy atom. The molecular formula is C17H19N3S. The summed E-state index contributed by atoms with van der Waals surface area (Å²) in [6, 6.07) is 11.0. The number of hydrogen-bond donors (Lipinski definition) is 2. The maximum atomic E-state index is 7.44. The Morgan fingerprint density at radius 2 is 2.10 bits per heavy atom. The minimum absolute atomic E-state index is 0.233. The monoisotopic (exact) mass is 297 g/mol. The molecule has 2 aromatic carbocycles. The molecule has 0 radical (unpaired) electrons. The molecule has 4 heteroatoms. The first-order chi connectivity index (χ1) is 10.1. The molecule has 1 saturated carbocycles. The first-order valence-corrected chi connectivity index (χ1v) is 7.60. The average Bonchev–Trinajstić information content (AvgIpc) is 3.28. The van der Waals surface area contributed by atoms with E-state index in [4.69, 9.17) is 23.4 Å². The lowest BCUT2D eigenvalue weighted by atomic mass is 9.95. The van der Waals surface area contributed by atoms with E-state index < -0.39 is 0 Å². The van der Waals surface area contributed by atoms with Crippen LogP contribution in [-0.4, -0.2) is 16.4 Å². The smallest absolute Gasteiger partial charge is 0.171 e. The number of aryl methyl sites for hydroxylation is 1. The van der Waals surface area contributed by atoms with Crippen molar-refractivity contribution in [2.45, 2.75) is 32.2 Å². The van der Waals surface area contributed by atoms with Crippen molar-refractivity contribution in [3.63, 3.8) is 0 Å². The molecule has 1 aliphatic carbocycles. The first-order valence-electron chi connectivity index (χ1n) is 7.19. The Balaban J connectivity index is 2.10. The van der Waals surface area contributed by atoms with Crippen LogP contribution in [0, 0.1) is 12.3 Å². The molecule has 2 aromatic rings. The topological polar surface area (TPSA) is 53.1 Å². The molecule has 0 aromatic heterocycles. The van der Waals surface area contributed by atoms with E-state index in [1.54, 1.807) is 4.90 Å². The Hall–Kier alpha value is -1.94. The number of fused-ring (bicyclic) bond motifs is 1. The average molecular weight is 297 g/mol. The summed E-state index contributed by atoms with van der Waals surface area (Å²) in [6.45, 7) is 2.65. The van der Waals surface area contributed by atoms with Gasteiger partial charge in [0.15, 0.2) is 5.11 Å². The highest BCUT2D eigenvalue weighted by Crippen LogP contribution is 2.43. The van der Waals surface area contributed by atoms with Gasteiger partial charge in [-0.15, -0.1) is 0 Å². The van der Waals surface area contributed by atoms with E-state index in [2.05, 4.69) is 37.3 Å². The molecule has 3 rings (SSSR count). The third-order valence-corrected chi connectivity index (χ3v) is 4.33. The standard InChI is InChI=1S/C17H19N3S/c1-11-2-6-15-14(12-3-4-12)7-5-13(16(15)8-11)9-20(10-18)17(19)21/h2,5-8,10,12,18H,3-4,9H2,1H3,(H2,19,21). The maximum absolute atomic E-state index is 7.44. The lowest BCUT2D eigenvalue weighted by Crippen LogP contribution is -2.33. The molecule has 3 N–H and O–H groups in total. The molecule has 0 aliphatic heterocycles. The van der Waals surface area contributed by atoms with E-state index in [1.165, 1.54) is 41.1 Å². The van der Waals surface area contributed by atoms with Gasteiger partial charge in [-0.1, -0.05) is 35.9 Å². The zero-order valence-electron chi connectivity index (χ0n) is 12.1. The summed E-state index contributed by atoms with van der Waals surface area (Å²) >= 11 is 4.99. The first kappa shape index (κ1) is 14.0. The van der Waals surface area contributed by atoms with E-state index in [0.717, 1.165) is 11.5 Å². The van der Waals surface area contributed by atoms with Gasteiger partial charge in [0.1, 0.15) is 0 Å². The van der Waals surface area contributed by atoms with Crippen molar-refractivity contribution in [1.82, 2.24) is 4.90 Å². The van der Waals surface area contributed by atoms with Crippen molar-refractivity contribution in [2.75, 3.05) is 0 Å². The fourth-order valence-corrected chi connectivity index (χ4v) is 2.92. The van der Waals surface area contributed by atoms with Crippen LogP contribution in [0.25, 0.3) is 10.8 Å². The van der Waals surface area contributed by atoms with Crippen LogP contribution in [0.4, 0.5) is 0 Å². The molecule has 0 spiro atoms. The van der Waals surface area contributed by atoms with Crippen molar-refractivity contribution < 1.29 is 0 Å². The second-order valence-electron chi connectivity index (χ2n) is 5.73. The summed E-state index contributed by atoms with van der Waals surface area (Å²) in [7, 11) is 0. The molecule has 0 heterocycles. The highest BCUT2D eigenvalue weighted by atomic mass is 32.1. The van der Waals surface area contributed by atoms with E-state index in [-0.39, 0.29) is 5.11 Å². The van der Waals surface area contributed by atoms with Crippen LogP contribution in [-0.2, 0) is 6.54 Å². The molecule has 0 amide bonds. The maximum Gasteiger partial charge on any atom is 0.171 e. The summed E-state index contributed by atoms with van der Waals surface area (Å²) in [5.74, 6) is 0.721. The normalized spacial score (nSPS) is 14.1. The number of rotatable bonds is 4. The Morgan fingerprint density at radius 3 is 2.71 bits per heavy atom. The van der Waals surface area contributed by atoms with Gasteiger partial charge in [-0.2, -0.15) is 0 Å². The molecule has 0 bridgehead atoms. The third kappa shape index (κ3) is 2.76. The zero-order chi connectivity index (χ0) is 15.0. The highest BCUT2D eigenvalue weighted by molar-refractivity contribution is 7.80. The van der Waals surface area contributed by atoms with Gasteiger partial charge in [0.05, 0.1) is 12.9 Å². The molecule has 1 aliphatic rings.